The maximum atomic E-state index is 13.5. The molecule has 0 unspecified atom stereocenters. The highest BCUT2D eigenvalue weighted by Crippen LogP contribution is 2.23. The van der Waals surface area contributed by atoms with E-state index in [1.807, 2.05) is 61.5 Å². The normalized spacial score (nSPS) is 11.1. The smallest absolute Gasteiger partial charge is 0.306 e. The number of carbonyl (C=O) groups excluding carboxylic acids is 1. The highest BCUT2D eigenvalue weighted by Gasteiger charge is 2.15. The van der Waals surface area contributed by atoms with Crippen LogP contribution in [0.1, 0.15) is 24.6 Å². The average molecular weight is 386 g/mol. The molecule has 0 spiro atoms. The minimum atomic E-state index is -0.271. The number of hydrogen-bond acceptors (Lipinski definition) is 4. The molecule has 2 aromatic heterocycles. The van der Waals surface area contributed by atoms with Gasteiger partial charge in [-0.3, -0.25) is 19.1 Å². The zero-order chi connectivity index (χ0) is 20.4. The van der Waals surface area contributed by atoms with E-state index in [0.717, 1.165) is 33.2 Å². The fourth-order valence-corrected chi connectivity index (χ4v) is 3.67. The number of hydrogen-bond donors (Lipinski definition) is 0. The topological polar surface area (TPSA) is 61.2 Å². The second kappa shape index (κ2) is 7.87. The molecule has 0 bridgehead atoms. The molecule has 2 aromatic carbocycles. The van der Waals surface area contributed by atoms with Crippen LogP contribution in [0.2, 0.25) is 0 Å². The van der Waals surface area contributed by atoms with Crippen molar-refractivity contribution in [2.45, 2.75) is 26.7 Å². The number of benzene rings is 2. The molecule has 2 heterocycles. The number of esters is 1. The summed E-state index contributed by atoms with van der Waals surface area (Å²) in [7, 11) is 0. The van der Waals surface area contributed by atoms with Crippen molar-refractivity contribution in [2.75, 3.05) is 6.61 Å². The van der Waals surface area contributed by atoms with Crippen molar-refractivity contribution in [2.24, 2.45) is 0 Å². The van der Waals surface area contributed by atoms with Gasteiger partial charge in [-0.1, -0.05) is 35.9 Å². The fraction of sp³-hybridized carbons (Fsp3) is 0.208. The van der Waals surface area contributed by atoms with Crippen LogP contribution >= 0.6 is 0 Å². The molecular weight excluding hydrogens is 364 g/mol. The molecule has 0 saturated heterocycles. The summed E-state index contributed by atoms with van der Waals surface area (Å²) in [6.07, 6.45) is 2.34. The Hall–Kier alpha value is -3.47. The summed E-state index contributed by atoms with van der Waals surface area (Å²) in [6.45, 7) is 4.13. The lowest BCUT2D eigenvalue weighted by molar-refractivity contribution is -0.143. The first kappa shape index (κ1) is 18.9. The second-order valence-electron chi connectivity index (χ2n) is 7.02. The Bertz CT molecular complexity index is 1270. The zero-order valence-electron chi connectivity index (χ0n) is 16.5. The monoisotopic (exact) mass is 386 g/mol. The van der Waals surface area contributed by atoms with Crippen LogP contribution in [0.4, 0.5) is 0 Å². The van der Waals surface area contributed by atoms with Crippen LogP contribution < -0.4 is 5.56 Å². The molecular formula is C24H22N2O3. The van der Waals surface area contributed by atoms with Crippen LogP contribution in [0.3, 0.4) is 0 Å². The van der Waals surface area contributed by atoms with Crippen molar-refractivity contribution < 1.29 is 9.53 Å². The molecule has 0 fully saturated rings. The van der Waals surface area contributed by atoms with E-state index in [1.54, 1.807) is 17.7 Å². The van der Waals surface area contributed by atoms with Crippen LogP contribution in [-0.2, 0) is 16.0 Å². The number of carbonyl (C=O) groups is 1. The summed E-state index contributed by atoms with van der Waals surface area (Å²) in [5.41, 5.74) is 3.20. The molecule has 0 aliphatic rings. The van der Waals surface area contributed by atoms with Crippen molar-refractivity contribution in [3.05, 3.63) is 82.4 Å². The maximum absolute atomic E-state index is 13.5. The molecule has 0 atom stereocenters. The molecule has 0 aliphatic carbocycles. The molecule has 0 N–H and O–H groups in total. The van der Waals surface area contributed by atoms with E-state index in [9.17, 15) is 9.59 Å². The Balaban J connectivity index is 1.96. The van der Waals surface area contributed by atoms with Gasteiger partial charge in [0.1, 0.15) is 0 Å². The lowest BCUT2D eigenvalue weighted by atomic mass is 10.1. The number of rotatable bonds is 5. The predicted molar refractivity (Wildman–Crippen MR) is 115 cm³/mol. The van der Waals surface area contributed by atoms with Crippen LogP contribution in [-0.4, -0.2) is 22.1 Å². The SMILES string of the molecule is CCOC(=O)CCc1cc2cc(C)ccc2c(=O)n1-c1cccc2cccnc12. The molecule has 0 amide bonds. The molecule has 5 heteroatoms. The minimum Gasteiger partial charge on any atom is -0.466 e. The Morgan fingerprint density at radius 2 is 1.90 bits per heavy atom. The molecule has 29 heavy (non-hydrogen) atoms. The van der Waals surface area contributed by atoms with Gasteiger partial charge in [-0.2, -0.15) is 0 Å². The highest BCUT2D eigenvalue weighted by atomic mass is 16.5. The first-order valence-electron chi connectivity index (χ1n) is 9.73. The van der Waals surface area contributed by atoms with E-state index in [4.69, 9.17) is 4.74 Å². The number of aromatic nitrogens is 2. The molecule has 5 nitrogen and oxygen atoms in total. The number of pyridine rings is 2. The van der Waals surface area contributed by atoms with Gasteiger partial charge in [-0.15, -0.1) is 0 Å². The fourth-order valence-electron chi connectivity index (χ4n) is 3.67. The van der Waals surface area contributed by atoms with Gasteiger partial charge in [0, 0.05) is 22.7 Å². The maximum Gasteiger partial charge on any atom is 0.306 e. The van der Waals surface area contributed by atoms with Gasteiger partial charge in [-0.05, 0) is 49.9 Å². The molecule has 0 radical (unpaired) electrons. The Labute approximate surface area is 168 Å². The van der Waals surface area contributed by atoms with Crippen molar-refractivity contribution in [3.63, 3.8) is 0 Å². The van der Waals surface area contributed by atoms with Gasteiger partial charge in [0.05, 0.1) is 24.2 Å². The van der Waals surface area contributed by atoms with Gasteiger partial charge in [0.2, 0.25) is 0 Å². The summed E-state index contributed by atoms with van der Waals surface area (Å²) in [5.74, 6) is -0.271. The van der Waals surface area contributed by atoms with Crippen molar-refractivity contribution in [3.8, 4) is 5.69 Å². The second-order valence-corrected chi connectivity index (χ2v) is 7.02. The number of aryl methyl sites for hydroxylation is 2. The summed E-state index contributed by atoms with van der Waals surface area (Å²) >= 11 is 0. The largest absolute Gasteiger partial charge is 0.466 e. The number of fused-ring (bicyclic) bond motifs is 2. The number of ether oxygens (including phenoxy) is 1. The van der Waals surface area contributed by atoms with E-state index in [0.29, 0.717) is 18.4 Å². The third-order valence-electron chi connectivity index (χ3n) is 4.99. The van der Waals surface area contributed by atoms with Crippen molar-refractivity contribution in [1.82, 2.24) is 9.55 Å². The zero-order valence-corrected chi connectivity index (χ0v) is 16.5. The highest BCUT2D eigenvalue weighted by molar-refractivity contribution is 5.88. The van der Waals surface area contributed by atoms with Crippen molar-refractivity contribution in [1.29, 1.82) is 0 Å². The van der Waals surface area contributed by atoms with Crippen molar-refractivity contribution >= 4 is 27.6 Å². The van der Waals surface area contributed by atoms with Crippen LogP contribution in [0.15, 0.2) is 65.6 Å². The summed E-state index contributed by atoms with van der Waals surface area (Å²) in [6, 6.07) is 17.4. The molecule has 4 aromatic rings. The first-order valence-corrected chi connectivity index (χ1v) is 9.73. The molecule has 0 aliphatic heterocycles. The minimum absolute atomic E-state index is 0.112. The molecule has 4 rings (SSSR count). The van der Waals surface area contributed by atoms with Crippen LogP contribution in [0.25, 0.3) is 27.4 Å². The summed E-state index contributed by atoms with van der Waals surface area (Å²) < 4.78 is 6.76. The molecule has 0 saturated carbocycles. The lowest BCUT2D eigenvalue weighted by Gasteiger charge is -2.16. The third-order valence-corrected chi connectivity index (χ3v) is 4.99. The van der Waals surface area contributed by atoms with E-state index in [2.05, 4.69) is 4.98 Å². The molecule has 146 valence electrons. The average Bonchev–Trinajstić information content (AvgIpc) is 2.72. The lowest BCUT2D eigenvalue weighted by Crippen LogP contribution is -2.23. The Morgan fingerprint density at radius 3 is 2.72 bits per heavy atom. The third kappa shape index (κ3) is 3.63. The standard InChI is InChI=1S/C24H22N2O3/c1-3-29-22(27)12-10-19-15-18-14-16(2)9-11-20(18)24(28)26(19)21-8-4-6-17-7-5-13-25-23(17)21/h4-9,11,13-15H,3,10,12H2,1-2H3. The Morgan fingerprint density at radius 1 is 1.07 bits per heavy atom. The summed E-state index contributed by atoms with van der Waals surface area (Å²) in [4.78, 5) is 30.0. The van der Waals surface area contributed by atoms with Gasteiger partial charge >= 0.3 is 5.97 Å². The quantitative estimate of drug-likeness (QED) is 0.479. The van der Waals surface area contributed by atoms with Gasteiger partial charge < -0.3 is 4.74 Å². The van der Waals surface area contributed by atoms with Gasteiger partial charge in [0.25, 0.3) is 5.56 Å². The van der Waals surface area contributed by atoms with E-state index < -0.39 is 0 Å². The van der Waals surface area contributed by atoms with Crippen LogP contribution in [0, 0.1) is 6.92 Å². The predicted octanol–water partition coefficient (Wildman–Crippen LogP) is 4.34. The van der Waals surface area contributed by atoms with Crippen LogP contribution in [0.5, 0.6) is 0 Å². The van der Waals surface area contributed by atoms with Gasteiger partial charge in [-0.25, -0.2) is 0 Å². The summed E-state index contributed by atoms with van der Waals surface area (Å²) in [5, 5.41) is 2.47. The first-order chi connectivity index (χ1) is 14.1. The van der Waals surface area contributed by atoms with E-state index in [-0.39, 0.29) is 17.9 Å². The Kier molecular flexibility index (Phi) is 5.12. The van der Waals surface area contributed by atoms with E-state index in [1.165, 1.54) is 0 Å². The van der Waals surface area contributed by atoms with Gasteiger partial charge in [0.15, 0.2) is 0 Å². The number of nitrogens with zero attached hydrogens (tertiary/aromatic N) is 2. The van der Waals surface area contributed by atoms with E-state index >= 15 is 0 Å². The number of para-hydroxylation sites is 1.